The van der Waals surface area contributed by atoms with Crippen LogP contribution >= 0.6 is 0 Å². The van der Waals surface area contributed by atoms with Gasteiger partial charge < -0.3 is 5.11 Å². The zero-order valence-corrected chi connectivity index (χ0v) is 5.07. The Morgan fingerprint density at radius 2 is 1.71 bits per heavy atom. The van der Waals surface area contributed by atoms with E-state index in [1.54, 1.807) is 0 Å². The third-order valence-electron chi connectivity index (χ3n) is 1.43. The van der Waals surface area contributed by atoms with Crippen LogP contribution in [-0.2, 0) is 0 Å². The number of hydrogen-bond acceptors (Lipinski definition) is 1. The summed E-state index contributed by atoms with van der Waals surface area (Å²) in [5, 5.41) is 8.91. The largest absolute Gasteiger partial charge is 0.390 e. The van der Waals surface area contributed by atoms with E-state index < -0.39 is 0 Å². The van der Waals surface area contributed by atoms with E-state index in [9.17, 15) is 0 Å². The Hall–Kier alpha value is 0.557. The number of hydrogen-bond donors (Lipinski definition) is 1. The van der Waals surface area contributed by atoms with Crippen molar-refractivity contribution < 1.29 is 5.11 Å². The monoisotopic (exact) mass is 93.1 g/mol. The fraction of sp³-hybridized carbons (Fsp3) is 1.00. The van der Waals surface area contributed by atoms with Crippen LogP contribution in [0.1, 0.15) is 26.2 Å². The maximum atomic E-state index is 8.91. The van der Waals surface area contributed by atoms with Crippen LogP contribution in [0.5, 0.6) is 0 Å². The van der Waals surface area contributed by atoms with Crippen molar-refractivity contribution in [3.05, 3.63) is 0 Å². The van der Waals surface area contributed by atoms with Crippen molar-refractivity contribution in [1.29, 1.82) is 0 Å². The molecule has 0 heterocycles. The summed E-state index contributed by atoms with van der Waals surface area (Å²) in [5.74, 6) is 0. The molecule has 0 atom stereocenters. The van der Waals surface area contributed by atoms with Crippen LogP contribution in [0.15, 0.2) is 0 Å². The molecule has 0 aromatic rings. The summed E-state index contributed by atoms with van der Waals surface area (Å²) < 4.78 is 0. The second-order valence-corrected chi connectivity index (χ2v) is 2.35. The second-order valence-electron chi connectivity index (χ2n) is 2.35. The van der Waals surface area contributed by atoms with E-state index in [2.05, 4.69) is 0 Å². The molecule has 1 fully saturated rings. The van der Waals surface area contributed by atoms with Gasteiger partial charge in [-0.25, -0.2) is 0 Å². The second kappa shape index (κ2) is 2.22. The molecule has 1 nitrogen and oxygen atoms in total. The first-order valence-corrected chi connectivity index (χ1v) is 2.43. The van der Waals surface area contributed by atoms with E-state index in [-0.39, 0.29) is 24.5 Å². The average molecular weight is 93.1 g/mol. The zero-order chi connectivity index (χ0) is 4.62. The van der Waals surface area contributed by atoms with Gasteiger partial charge in [0, 0.05) is 18.9 Å². The smallest absolute Gasteiger partial charge is 0.0619 e. The summed E-state index contributed by atoms with van der Waals surface area (Å²) in [6.07, 6.45) is 3.23. The molecule has 0 aromatic heterocycles. The Balaban J connectivity index is 0.000000360. The predicted octanol–water partition coefficient (Wildman–Crippen LogP) is 0.540. The Morgan fingerprint density at radius 1 is 1.43 bits per heavy atom. The summed E-state index contributed by atoms with van der Waals surface area (Å²) in [5.41, 5.74) is -0.278. The van der Waals surface area contributed by atoms with Crippen LogP contribution in [0, 0.1) is 0 Å². The molecule has 1 N–H and O–H groups in total. The Labute approximate surface area is 56.3 Å². The molecule has 1 aliphatic rings. The first-order chi connectivity index (χ1) is 2.71. The van der Waals surface area contributed by atoms with E-state index in [1.165, 1.54) is 6.42 Å². The van der Waals surface area contributed by atoms with Crippen LogP contribution in [0.2, 0.25) is 0 Å². The first-order valence-electron chi connectivity index (χ1n) is 2.43. The van der Waals surface area contributed by atoms with Gasteiger partial charge in [0.1, 0.15) is 0 Å². The molecular weight excluding hydrogens is 83.0 g/mol. The Morgan fingerprint density at radius 3 is 1.71 bits per heavy atom. The molecule has 1 aliphatic carbocycles. The third-order valence-corrected chi connectivity index (χ3v) is 1.43. The topological polar surface area (TPSA) is 20.2 Å². The molecule has 0 spiro atoms. The van der Waals surface area contributed by atoms with Gasteiger partial charge in [-0.05, 0) is 26.2 Å². The Bertz CT molecular complexity index is 55.1. The fourth-order valence-corrected chi connectivity index (χ4v) is 0.688. The first kappa shape index (κ1) is 7.56. The van der Waals surface area contributed by atoms with Crippen LogP contribution in [0.4, 0.5) is 0 Å². The van der Waals surface area contributed by atoms with Gasteiger partial charge in [-0.1, -0.05) is 0 Å². The van der Waals surface area contributed by atoms with Gasteiger partial charge in [0.15, 0.2) is 0 Å². The molecule has 1 rings (SSSR count). The molecule has 0 bridgehead atoms. The van der Waals surface area contributed by atoms with E-state index in [0.29, 0.717) is 0 Å². The van der Waals surface area contributed by atoms with Crippen LogP contribution in [0.3, 0.4) is 0 Å². The molecule has 0 aliphatic heterocycles. The summed E-state index contributed by atoms with van der Waals surface area (Å²) >= 11 is 0. The van der Waals surface area contributed by atoms with Gasteiger partial charge in [-0.3, -0.25) is 0 Å². The van der Waals surface area contributed by atoms with E-state index >= 15 is 0 Å². The normalized spacial score (nSPS) is 24.9. The molecule has 1 saturated carbocycles. The molecular formula is C5H10LiO. The van der Waals surface area contributed by atoms with Gasteiger partial charge in [0.2, 0.25) is 0 Å². The quantitative estimate of drug-likeness (QED) is 0.433. The Kier molecular flexibility index (Phi) is 2.39. The minimum absolute atomic E-state index is 0. The molecule has 2 heteroatoms. The summed E-state index contributed by atoms with van der Waals surface area (Å²) in [7, 11) is 0. The van der Waals surface area contributed by atoms with Crippen LogP contribution < -0.4 is 0 Å². The third kappa shape index (κ3) is 1.86. The van der Waals surface area contributed by atoms with Gasteiger partial charge in [-0.15, -0.1) is 0 Å². The molecule has 7 heavy (non-hydrogen) atoms. The van der Waals surface area contributed by atoms with Crippen molar-refractivity contribution in [2.75, 3.05) is 0 Å². The summed E-state index contributed by atoms with van der Waals surface area (Å²) in [6.45, 7) is 1.89. The van der Waals surface area contributed by atoms with Crippen LogP contribution in [0.25, 0.3) is 0 Å². The maximum absolute atomic E-state index is 8.91. The predicted molar refractivity (Wildman–Crippen MR) is 30.2 cm³/mol. The van der Waals surface area contributed by atoms with Crippen molar-refractivity contribution in [2.24, 2.45) is 0 Å². The summed E-state index contributed by atoms with van der Waals surface area (Å²) in [6, 6.07) is 0. The van der Waals surface area contributed by atoms with E-state index in [4.69, 9.17) is 5.11 Å². The van der Waals surface area contributed by atoms with E-state index in [0.717, 1.165) is 12.8 Å². The zero-order valence-electron chi connectivity index (χ0n) is 5.07. The van der Waals surface area contributed by atoms with Crippen LogP contribution in [-0.4, -0.2) is 29.6 Å². The molecule has 1 radical (unpaired) electrons. The number of aliphatic hydroxyl groups is 1. The molecule has 0 saturated heterocycles. The van der Waals surface area contributed by atoms with Crippen molar-refractivity contribution in [3.63, 3.8) is 0 Å². The van der Waals surface area contributed by atoms with Crippen molar-refractivity contribution in [3.8, 4) is 0 Å². The van der Waals surface area contributed by atoms with Gasteiger partial charge in [0.25, 0.3) is 0 Å². The fourth-order valence-electron chi connectivity index (χ4n) is 0.688. The van der Waals surface area contributed by atoms with Gasteiger partial charge >= 0.3 is 0 Å². The maximum Gasteiger partial charge on any atom is 0.0619 e. The van der Waals surface area contributed by atoms with Gasteiger partial charge in [-0.2, -0.15) is 0 Å². The number of rotatable bonds is 0. The SMILES string of the molecule is CC1(O)CCC1.[Li]. The molecule has 37 valence electrons. The molecule has 0 amide bonds. The van der Waals surface area contributed by atoms with E-state index in [1.807, 2.05) is 6.92 Å². The average Bonchev–Trinajstić information content (AvgIpc) is 1.32. The standard InChI is InChI=1S/C5H10O.Li/c1-5(6)3-2-4-5;/h6H,2-4H2,1H3;. The summed E-state index contributed by atoms with van der Waals surface area (Å²) in [4.78, 5) is 0. The van der Waals surface area contributed by atoms with Gasteiger partial charge in [0.05, 0.1) is 5.60 Å². The van der Waals surface area contributed by atoms with Crippen molar-refractivity contribution >= 4 is 18.9 Å². The minimum atomic E-state index is -0.278. The molecule has 0 aromatic carbocycles. The van der Waals surface area contributed by atoms with Crippen molar-refractivity contribution in [2.45, 2.75) is 31.8 Å². The van der Waals surface area contributed by atoms with Crippen molar-refractivity contribution in [1.82, 2.24) is 0 Å². The minimum Gasteiger partial charge on any atom is -0.390 e. The molecule has 0 unspecified atom stereocenters.